The summed E-state index contributed by atoms with van der Waals surface area (Å²) in [6.07, 6.45) is 4.48. The van der Waals surface area contributed by atoms with E-state index in [0.29, 0.717) is 0 Å². The number of rotatable bonds is 4. The van der Waals surface area contributed by atoms with Gasteiger partial charge in [-0.1, -0.05) is 36.2 Å². The first-order valence-electron chi connectivity index (χ1n) is 6.70. The van der Waals surface area contributed by atoms with E-state index in [1.807, 2.05) is 0 Å². The van der Waals surface area contributed by atoms with Gasteiger partial charge in [0.05, 0.1) is 6.10 Å². The second-order valence-corrected chi connectivity index (χ2v) is 5.20. The van der Waals surface area contributed by atoms with E-state index in [-0.39, 0.29) is 6.10 Å². The molecule has 1 N–H and O–H groups in total. The van der Waals surface area contributed by atoms with Crippen LogP contribution in [-0.4, -0.2) is 35.7 Å². The quantitative estimate of drug-likeness (QED) is 0.863. The van der Waals surface area contributed by atoms with Crippen LogP contribution in [0.1, 0.15) is 30.4 Å². The molecule has 2 heteroatoms. The van der Waals surface area contributed by atoms with E-state index in [1.54, 1.807) is 0 Å². The Kier molecular flexibility index (Phi) is 4.57. The lowest BCUT2D eigenvalue weighted by Gasteiger charge is -2.28. The molecule has 17 heavy (non-hydrogen) atoms. The van der Waals surface area contributed by atoms with Crippen molar-refractivity contribution in [3.8, 4) is 0 Å². The van der Waals surface area contributed by atoms with Crippen molar-refractivity contribution in [2.24, 2.45) is 0 Å². The maximum Gasteiger partial charge on any atom is 0.0707 e. The van der Waals surface area contributed by atoms with E-state index in [1.165, 1.54) is 30.4 Å². The predicted octanol–water partition coefficient (Wildman–Crippen LogP) is 2.38. The number of benzene rings is 1. The third-order valence-corrected chi connectivity index (χ3v) is 3.51. The number of piperidine rings is 1. The minimum atomic E-state index is -0.226. The molecule has 0 aliphatic carbocycles. The van der Waals surface area contributed by atoms with Gasteiger partial charge in [0.15, 0.2) is 0 Å². The zero-order valence-electron chi connectivity index (χ0n) is 10.7. The van der Waals surface area contributed by atoms with Crippen molar-refractivity contribution in [1.82, 2.24) is 4.90 Å². The highest BCUT2D eigenvalue weighted by Gasteiger charge is 2.14. The van der Waals surface area contributed by atoms with E-state index in [4.69, 9.17) is 0 Å². The van der Waals surface area contributed by atoms with E-state index >= 15 is 0 Å². The van der Waals surface area contributed by atoms with E-state index in [2.05, 4.69) is 36.1 Å². The first-order chi connectivity index (χ1) is 8.24. The fourth-order valence-electron chi connectivity index (χ4n) is 2.50. The molecule has 1 unspecified atom stereocenters. The van der Waals surface area contributed by atoms with Crippen LogP contribution in [0, 0.1) is 6.92 Å². The maximum atomic E-state index is 10.1. The average Bonchev–Trinajstić information content (AvgIpc) is 2.33. The predicted molar refractivity (Wildman–Crippen MR) is 71.2 cm³/mol. The van der Waals surface area contributed by atoms with Crippen molar-refractivity contribution in [3.63, 3.8) is 0 Å². The lowest BCUT2D eigenvalue weighted by atomic mass is 10.0. The second kappa shape index (κ2) is 6.18. The maximum absolute atomic E-state index is 10.1. The number of aryl methyl sites for hydroxylation is 1. The molecule has 0 bridgehead atoms. The summed E-state index contributed by atoms with van der Waals surface area (Å²) in [5.74, 6) is 0. The average molecular weight is 233 g/mol. The van der Waals surface area contributed by atoms with Gasteiger partial charge in [0.1, 0.15) is 0 Å². The Labute approximate surface area is 104 Å². The first-order valence-corrected chi connectivity index (χ1v) is 6.70. The summed E-state index contributed by atoms with van der Waals surface area (Å²) >= 11 is 0. The lowest BCUT2D eigenvalue weighted by molar-refractivity contribution is 0.101. The molecular weight excluding hydrogens is 210 g/mol. The molecule has 1 aromatic rings. The summed E-state index contributed by atoms with van der Waals surface area (Å²) in [6, 6.07) is 8.47. The molecule has 1 fully saturated rings. The molecule has 0 aromatic heterocycles. The fraction of sp³-hybridized carbons (Fsp3) is 0.600. The van der Waals surface area contributed by atoms with Crippen LogP contribution in [0.3, 0.4) is 0 Å². The van der Waals surface area contributed by atoms with Gasteiger partial charge in [0.2, 0.25) is 0 Å². The standard InChI is InChI=1S/C15H23NO/c1-13-5-7-14(8-6-13)11-15(17)12-16-9-3-2-4-10-16/h5-8,15,17H,2-4,9-12H2,1H3. The largest absolute Gasteiger partial charge is 0.391 e. The Morgan fingerprint density at radius 2 is 1.76 bits per heavy atom. The highest BCUT2D eigenvalue weighted by Crippen LogP contribution is 2.11. The molecule has 1 atom stereocenters. The van der Waals surface area contributed by atoms with Gasteiger partial charge in [0.25, 0.3) is 0 Å². The summed E-state index contributed by atoms with van der Waals surface area (Å²) in [6.45, 7) is 5.23. The van der Waals surface area contributed by atoms with Crippen molar-refractivity contribution < 1.29 is 5.11 Å². The Morgan fingerprint density at radius 1 is 1.12 bits per heavy atom. The summed E-state index contributed by atoms with van der Waals surface area (Å²) in [5.41, 5.74) is 2.51. The molecule has 1 aromatic carbocycles. The Hall–Kier alpha value is -0.860. The van der Waals surface area contributed by atoms with Crippen LogP contribution >= 0.6 is 0 Å². The number of aliphatic hydroxyl groups excluding tert-OH is 1. The highest BCUT2D eigenvalue weighted by molar-refractivity contribution is 5.21. The number of hydrogen-bond acceptors (Lipinski definition) is 2. The van der Waals surface area contributed by atoms with Crippen molar-refractivity contribution in [3.05, 3.63) is 35.4 Å². The second-order valence-electron chi connectivity index (χ2n) is 5.20. The normalized spacial score (nSPS) is 19.2. The van der Waals surface area contributed by atoms with Crippen LogP contribution in [0.4, 0.5) is 0 Å². The Balaban J connectivity index is 1.79. The van der Waals surface area contributed by atoms with Crippen LogP contribution in [0.15, 0.2) is 24.3 Å². The zero-order valence-corrected chi connectivity index (χ0v) is 10.7. The van der Waals surface area contributed by atoms with E-state index < -0.39 is 0 Å². The molecule has 0 spiro atoms. The van der Waals surface area contributed by atoms with Crippen LogP contribution in [0.25, 0.3) is 0 Å². The number of nitrogens with zero attached hydrogens (tertiary/aromatic N) is 1. The summed E-state index contributed by atoms with van der Waals surface area (Å²) in [7, 11) is 0. The van der Waals surface area contributed by atoms with Gasteiger partial charge >= 0.3 is 0 Å². The smallest absolute Gasteiger partial charge is 0.0707 e. The summed E-state index contributed by atoms with van der Waals surface area (Å²) in [5, 5.41) is 10.1. The minimum absolute atomic E-state index is 0.226. The molecular formula is C15H23NO. The van der Waals surface area contributed by atoms with Crippen molar-refractivity contribution >= 4 is 0 Å². The van der Waals surface area contributed by atoms with E-state index in [0.717, 1.165) is 26.1 Å². The van der Waals surface area contributed by atoms with Gasteiger partial charge in [-0.05, 0) is 44.8 Å². The lowest BCUT2D eigenvalue weighted by Crippen LogP contribution is -2.37. The number of aliphatic hydroxyl groups is 1. The molecule has 2 rings (SSSR count). The van der Waals surface area contributed by atoms with Crippen LogP contribution in [0.2, 0.25) is 0 Å². The highest BCUT2D eigenvalue weighted by atomic mass is 16.3. The SMILES string of the molecule is Cc1ccc(CC(O)CN2CCCCC2)cc1. The molecule has 2 nitrogen and oxygen atoms in total. The van der Waals surface area contributed by atoms with Crippen LogP contribution < -0.4 is 0 Å². The van der Waals surface area contributed by atoms with Crippen molar-refractivity contribution in [2.45, 2.75) is 38.7 Å². The molecule has 1 aliphatic heterocycles. The molecule has 0 saturated carbocycles. The first kappa shape index (κ1) is 12.6. The van der Waals surface area contributed by atoms with Gasteiger partial charge in [-0.15, -0.1) is 0 Å². The topological polar surface area (TPSA) is 23.5 Å². The summed E-state index contributed by atoms with van der Waals surface area (Å²) < 4.78 is 0. The monoisotopic (exact) mass is 233 g/mol. The van der Waals surface area contributed by atoms with Gasteiger partial charge < -0.3 is 10.0 Å². The molecule has 0 radical (unpaired) electrons. The fourth-order valence-corrected chi connectivity index (χ4v) is 2.50. The van der Waals surface area contributed by atoms with Crippen LogP contribution in [-0.2, 0) is 6.42 Å². The Morgan fingerprint density at radius 3 is 2.41 bits per heavy atom. The van der Waals surface area contributed by atoms with Crippen LogP contribution in [0.5, 0.6) is 0 Å². The minimum Gasteiger partial charge on any atom is -0.391 e. The van der Waals surface area contributed by atoms with E-state index in [9.17, 15) is 5.11 Å². The third kappa shape index (κ3) is 4.14. The van der Waals surface area contributed by atoms with Gasteiger partial charge in [0, 0.05) is 6.54 Å². The molecule has 1 heterocycles. The molecule has 1 aliphatic rings. The van der Waals surface area contributed by atoms with Gasteiger partial charge in [-0.3, -0.25) is 0 Å². The Bertz CT molecular complexity index is 327. The third-order valence-electron chi connectivity index (χ3n) is 3.51. The zero-order chi connectivity index (χ0) is 12.1. The molecule has 94 valence electrons. The summed E-state index contributed by atoms with van der Waals surface area (Å²) in [4.78, 5) is 2.39. The number of β-amino-alcohol motifs (C(OH)–C–C–N with tert-alkyl or cyclic N) is 1. The number of likely N-dealkylation sites (tertiary alicyclic amines) is 1. The molecule has 0 amide bonds. The van der Waals surface area contributed by atoms with Crippen molar-refractivity contribution in [2.75, 3.05) is 19.6 Å². The number of hydrogen-bond donors (Lipinski definition) is 1. The molecule has 1 saturated heterocycles. The van der Waals surface area contributed by atoms with Gasteiger partial charge in [-0.25, -0.2) is 0 Å². The van der Waals surface area contributed by atoms with Gasteiger partial charge in [-0.2, -0.15) is 0 Å². The van der Waals surface area contributed by atoms with Crippen molar-refractivity contribution in [1.29, 1.82) is 0 Å².